The zero-order chi connectivity index (χ0) is 11.4. The Labute approximate surface area is 97.6 Å². The van der Waals surface area contributed by atoms with E-state index in [1.807, 2.05) is 10.9 Å². The summed E-state index contributed by atoms with van der Waals surface area (Å²) >= 11 is 0. The van der Waals surface area contributed by atoms with Crippen molar-refractivity contribution in [3.63, 3.8) is 0 Å². The van der Waals surface area contributed by atoms with Gasteiger partial charge in [-0.2, -0.15) is 5.10 Å². The Morgan fingerprint density at radius 1 is 1.50 bits per heavy atom. The fraction of sp³-hybridized carbons (Fsp3) is 0.750. The zero-order valence-electron chi connectivity index (χ0n) is 10.3. The number of rotatable bonds is 4. The molecule has 1 aromatic rings. The van der Waals surface area contributed by atoms with E-state index in [-0.39, 0.29) is 0 Å². The van der Waals surface area contributed by atoms with E-state index < -0.39 is 0 Å². The van der Waals surface area contributed by atoms with Crippen molar-refractivity contribution in [1.29, 1.82) is 0 Å². The molecule has 16 heavy (non-hydrogen) atoms. The van der Waals surface area contributed by atoms with E-state index in [2.05, 4.69) is 35.4 Å². The van der Waals surface area contributed by atoms with Crippen LogP contribution < -0.4 is 5.32 Å². The van der Waals surface area contributed by atoms with E-state index in [0.29, 0.717) is 6.04 Å². The molecule has 1 saturated heterocycles. The number of aryl methyl sites for hydroxylation is 1. The molecule has 1 atom stereocenters. The molecule has 0 aliphatic carbocycles. The molecule has 1 aromatic heterocycles. The van der Waals surface area contributed by atoms with Crippen molar-refractivity contribution in [3.05, 3.63) is 18.0 Å². The van der Waals surface area contributed by atoms with Crippen molar-refractivity contribution in [2.45, 2.75) is 39.4 Å². The molecule has 1 fully saturated rings. The van der Waals surface area contributed by atoms with Crippen LogP contribution in [-0.4, -0.2) is 40.4 Å². The van der Waals surface area contributed by atoms with Gasteiger partial charge in [-0.05, 0) is 13.3 Å². The highest BCUT2D eigenvalue weighted by molar-refractivity contribution is 5.04. The molecular formula is C12H22N4. The van der Waals surface area contributed by atoms with Crippen molar-refractivity contribution >= 4 is 0 Å². The lowest BCUT2D eigenvalue weighted by Gasteiger charge is -2.35. The summed E-state index contributed by atoms with van der Waals surface area (Å²) in [4.78, 5) is 2.56. The summed E-state index contributed by atoms with van der Waals surface area (Å²) in [6.07, 6.45) is 5.38. The SMILES string of the molecule is CCC1CNCCN1Cc1cnn(CC)c1. The largest absolute Gasteiger partial charge is 0.314 e. The van der Waals surface area contributed by atoms with Crippen LogP contribution in [0.25, 0.3) is 0 Å². The van der Waals surface area contributed by atoms with E-state index in [1.165, 1.54) is 12.0 Å². The third-order valence-electron chi connectivity index (χ3n) is 3.34. The van der Waals surface area contributed by atoms with E-state index in [0.717, 1.165) is 32.7 Å². The Morgan fingerprint density at radius 3 is 3.06 bits per heavy atom. The molecule has 2 heterocycles. The maximum atomic E-state index is 4.33. The number of nitrogens with zero attached hydrogens (tertiary/aromatic N) is 3. The molecule has 0 radical (unpaired) electrons. The Balaban J connectivity index is 1.96. The normalized spacial score (nSPS) is 22.5. The summed E-state index contributed by atoms with van der Waals surface area (Å²) in [5, 5.41) is 7.78. The topological polar surface area (TPSA) is 33.1 Å². The molecule has 0 saturated carbocycles. The van der Waals surface area contributed by atoms with Crippen molar-refractivity contribution in [2.24, 2.45) is 0 Å². The highest BCUT2D eigenvalue weighted by Gasteiger charge is 2.20. The molecule has 0 aromatic carbocycles. The third-order valence-corrected chi connectivity index (χ3v) is 3.34. The van der Waals surface area contributed by atoms with Crippen LogP contribution in [0, 0.1) is 0 Å². The van der Waals surface area contributed by atoms with Crippen LogP contribution in [0.1, 0.15) is 25.8 Å². The average Bonchev–Trinajstić information content (AvgIpc) is 2.77. The molecular weight excluding hydrogens is 200 g/mol. The summed E-state index contributed by atoms with van der Waals surface area (Å²) in [5.74, 6) is 0. The van der Waals surface area contributed by atoms with Crippen LogP contribution >= 0.6 is 0 Å². The number of piperazine rings is 1. The number of nitrogens with one attached hydrogen (secondary N) is 1. The van der Waals surface area contributed by atoms with Gasteiger partial charge in [0.1, 0.15) is 0 Å². The highest BCUT2D eigenvalue weighted by Crippen LogP contribution is 2.12. The second-order valence-electron chi connectivity index (χ2n) is 4.44. The molecule has 0 spiro atoms. The van der Waals surface area contributed by atoms with Gasteiger partial charge >= 0.3 is 0 Å². The van der Waals surface area contributed by atoms with Gasteiger partial charge in [0.05, 0.1) is 6.20 Å². The number of hydrogen-bond donors (Lipinski definition) is 1. The van der Waals surface area contributed by atoms with Crippen LogP contribution in [0.4, 0.5) is 0 Å². The summed E-state index contributed by atoms with van der Waals surface area (Å²) in [5.41, 5.74) is 1.34. The van der Waals surface area contributed by atoms with Gasteiger partial charge in [0.2, 0.25) is 0 Å². The quantitative estimate of drug-likeness (QED) is 0.828. The van der Waals surface area contributed by atoms with Crippen molar-refractivity contribution in [1.82, 2.24) is 20.0 Å². The first-order valence-electron chi connectivity index (χ1n) is 6.29. The fourth-order valence-electron chi connectivity index (χ4n) is 2.31. The molecule has 1 N–H and O–H groups in total. The van der Waals surface area contributed by atoms with Gasteiger partial charge < -0.3 is 5.32 Å². The van der Waals surface area contributed by atoms with Crippen LogP contribution in [0.5, 0.6) is 0 Å². The molecule has 4 nitrogen and oxygen atoms in total. The van der Waals surface area contributed by atoms with Crippen molar-refractivity contribution in [2.75, 3.05) is 19.6 Å². The molecule has 2 rings (SSSR count). The first-order chi connectivity index (χ1) is 7.83. The second kappa shape index (κ2) is 5.46. The molecule has 1 unspecified atom stereocenters. The van der Waals surface area contributed by atoms with Gasteiger partial charge in [-0.15, -0.1) is 0 Å². The van der Waals surface area contributed by atoms with Gasteiger partial charge in [0, 0.05) is 50.5 Å². The predicted octanol–water partition coefficient (Wildman–Crippen LogP) is 1.09. The van der Waals surface area contributed by atoms with Crippen LogP contribution in [0.3, 0.4) is 0 Å². The van der Waals surface area contributed by atoms with Gasteiger partial charge in [0.15, 0.2) is 0 Å². The lowest BCUT2D eigenvalue weighted by atomic mass is 10.1. The zero-order valence-corrected chi connectivity index (χ0v) is 10.3. The molecule has 0 bridgehead atoms. The Bertz CT molecular complexity index is 321. The minimum atomic E-state index is 0.679. The van der Waals surface area contributed by atoms with Gasteiger partial charge in [-0.3, -0.25) is 9.58 Å². The summed E-state index contributed by atoms with van der Waals surface area (Å²) in [6, 6.07) is 0.679. The lowest BCUT2D eigenvalue weighted by molar-refractivity contribution is 0.149. The Hall–Kier alpha value is -0.870. The minimum Gasteiger partial charge on any atom is -0.314 e. The molecule has 0 amide bonds. The van der Waals surface area contributed by atoms with Crippen LogP contribution in [-0.2, 0) is 13.1 Å². The lowest BCUT2D eigenvalue weighted by Crippen LogP contribution is -2.50. The minimum absolute atomic E-state index is 0.679. The van der Waals surface area contributed by atoms with Gasteiger partial charge in [-0.1, -0.05) is 6.92 Å². The van der Waals surface area contributed by atoms with Crippen LogP contribution in [0.15, 0.2) is 12.4 Å². The van der Waals surface area contributed by atoms with E-state index >= 15 is 0 Å². The first kappa shape index (κ1) is 11.6. The van der Waals surface area contributed by atoms with Crippen LogP contribution in [0.2, 0.25) is 0 Å². The Kier molecular flexibility index (Phi) is 3.96. The molecule has 90 valence electrons. The predicted molar refractivity (Wildman–Crippen MR) is 65.3 cm³/mol. The highest BCUT2D eigenvalue weighted by atomic mass is 15.3. The second-order valence-corrected chi connectivity index (χ2v) is 4.44. The van der Waals surface area contributed by atoms with Gasteiger partial charge in [0.25, 0.3) is 0 Å². The van der Waals surface area contributed by atoms with E-state index in [1.54, 1.807) is 0 Å². The maximum absolute atomic E-state index is 4.33. The summed E-state index contributed by atoms with van der Waals surface area (Å²) in [6.45, 7) is 9.77. The molecule has 4 heteroatoms. The Morgan fingerprint density at radius 2 is 2.38 bits per heavy atom. The smallest absolute Gasteiger partial charge is 0.0534 e. The van der Waals surface area contributed by atoms with Crippen molar-refractivity contribution in [3.8, 4) is 0 Å². The summed E-state index contributed by atoms with van der Waals surface area (Å²) in [7, 11) is 0. The maximum Gasteiger partial charge on any atom is 0.0534 e. The standard InChI is InChI=1S/C12H22N4/c1-3-12-8-13-5-6-15(12)9-11-7-14-16(4-2)10-11/h7,10,12-13H,3-6,8-9H2,1-2H3. The van der Waals surface area contributed by atoms with E-state index in [9.17, 15) is 0 Å². The monoisotopic (exact) mass is 222 g/mol. The van der Waals surface area contributed by atoms with Crippen molar-refractivity contribution < 1.29 is 0 Å². The number of aromatic nitrogens is 2. The first-order valence-corrected chi connectivity index (χ1v) is 6.29. The summed E-state index contributed by atoms with van der Waals surface area (Å²) < 4.78 is 2.00. The average molecular weight is 222 g/mol. The fourth-order valence-corrected chi connectivity index (χ4v) is 2.31. The number of hydrogen-bond acceptors (Lipinski definition) is 3. The molecule has 1 aliphatic rings. The third kappa shape index (κ3) is 2.62. The van der Waals surface area contributed by atoms with E-state index in [4.69, 9.17) is 0 Å². The van der Waals surface area contributed by atoms with Gasteiger partial charge in [-0.25, -0.2) is 0 Å². The molecule has 1 aliphatic heterocycles.